The highest BCUT2D eigenvalue weighted by Gasteiger charge is 2.09. The number of aromatic nitrogens is 1. The fourth-order valence-electron chi connectivity index (χ4n) is 1.47. The molecule has 1 aromatic heterocycles. The van der Waals surface area contributed by atoms with Gasteiger partial charge in [-0.25, -0.2) is 4.98 Å². The second-order valence-electron chi connectivity index (χ2n) is 4.06. The minimum absolute atomic E-state index is 0.255. The zero-order valence-corrected chi connectivity index (χ0v) is 13.1. The van der Waals surface area contributed by atoms with Gasteiger partial charge in [0.15, 0.2) is 0 Å². The number of nitrogens with one attached hydrogen (secondary N) is 2. The van der Waals surface area contributed by atoms with Crippen LogP contribution >= 0.6 is 23.2 Å². The number of hydrogen-bond acceptors (Lipinski definition) is 5. The van der Waals surface area contributed by atoms with Crippen LogP contribution in [0.3, 0.4) is 0 Å². The molecule has 0 unspecified atom stereocenters. The summed E-state index contributed by atoms with van der Waals surface area (Å²) in [5, 5.41) is 7.01. The van der Waals surface area contributed by atoms with Crippen molar-refractivity contribution in [2.45, 2.75) is 26.7 Å². The molecule has 0 fully saturated rings. The molecule has 0 aromatic carbocycles. The zero-order valence-electron chi connectivity index (χ0n) is 11.6. The molecule has 5 nitrogen and oxygen atoms in total. The van der Waals surface area contributed by atoms with Gasteiger partial charge in [0.25, 0.3) is 0 Å². The van der Waals surface area contributed by atoms with E-state index in [1.54, 1.807) is 13.0 Å². The first-order valence-electron chi connectivity index (χ1n) is 6.57. The Bertz CT molecular complexity index is 455. The molecule has 0 aliphatic heterocycles. The number of rotatable bonds is 8. The van der Waals surface area contributed by atoms with E-state index in [9.17, 15) is 4.79 Å². The number of halogens is 2. The van der Waals surface area contributed by atoms with Gasteiger partial charge in [0, 0.05) is 13.1 Å². The molecule has 7 heteroatoms. The Morgan fingerprint density at radius 3 is 2.35 bits per heavy atom. The summed E-state index contributed by atoms with van der Waals surface area (Å²) in [6.07, 6.45) is 1.22. The maximum Gasteiger partial charge on any atom is 0.307 e. The van der Waals surface area contributed by atoms with Crippen molar-refractivity contribution < 1.29 is 9.53 Å². The lowest BCUT2D eigenvalue weighted by molar-refractivity contribution is -0.142. The standard InChI is InChI=1S/C13H19Cl2N3O2/c1-3-6-16-12-9(14)8-10(15)13(18-12)17-7-5-11(19)20-4-2/h8H,3-7H2,1-2H3,(H2,16,17,18). The SMILES string of the molecule is CCCNc1nc(NCCC(=O)OCC)c(Cl)cc1Cl. The summed E-state index contributed by atoms with van der Waals surface area (Å²) in [6.45, 7) is 5.38. The molecule has 0 saturated heterocycles. The number of carbonyl (C=O) groups excluding carboxylic acids is 1. The topological polar surface area (TPSA) is 63.2 Å². The fraction of sp³-hybridized carbons (Fsp3) is 0.538. The van der Waals surface area contributed by atoms with E-state index >= 15 is 0 Å². The van der Waals surface area contributed by atoms with Gasteiger partial charge in [-0.05, 0) is 19.4 Å². The Hall–Kier alpha value is -1.20. The molecule has 0 saturated carbocycles. The van der Waals surface area contributed by atoms with Gasteiger partial charge in [0.2, 0.25) is 0 Å². The average Bonchev–Trinajstić information content (AvgIpc) is 2.40. The van der Waals surface area contributed by atoms with Crippen LogP contribution in [0.5, 0.6) is 0 Å². The molecule has 112 valence electrons. The van der Waals surface area contributed by atoms with Gasteiger partial charge in [-0.15, -0.1) is 0 Å². The molecule has 0 spiro atoms. The predicted molar refractivity (Wildman–Crippen MR) is 82.8 cm³/mol. The quantitative estimate of drug-likeness (QED) is 0.717. The summed E-state index contributed by atoms with van der Waals surface area (Å²) >= 11 is 12.1. The van der Waals surface area contributed by atoms with Crippen molar-refractivity contribution in [1.82, 2.24) is 4.98 Å². The first kappa shape index (κ1) is 16.9. The highest BCUT2D eigenvalue weighted by Crippen LogP contribution is 2.29. The highest BCUT2D eigenvalue weighted by atomic mass is 35.5. The molecule has 0 atom stereocenters. The van der Waals surface area contributed by atoms with Crippen LogP contribution in [0.25, 0.3) is 0 Å². The summed E-state index contributed by atoms with van der Waals surface area (Å²) in [7, 11) is 0. The Balaban J connectivity index is 2.62. The second-order valence-corrected chi connectivity index (χ2v) is 4.87. The van der Waals surface area contributed by atoms with E-state index in [4.69, 9.17) is 27.9 Å². The van der Waals surface area contributed by atoms with Gasteiger partial charge in [-0.1, -0.05) is 30.1 Å². The Labute approximate surface area is 129 Å². The van der Waals surface area contributed by atoms with Crippen LogP contribution in [0.15, 0.2) is 6.07 Å². The number of ether oxygens (including phenoxy) is 1. The van der Waals surface area contributed by atoms with Crippen molar-refractivity contribution in [1.29, 1.82) is 0 Å². The number of pyridine rings is 1. The Kier molecular flexibility index (Phi) is 7.47. The van der Waals surface area contributed by atoms with Crippen molar-refractivity contribution in [3.05, 3.63) is 16.1 Å². The third-order valence-corrected chi connectivity index (χ3v) is 2.98. The predicted octanol–water partition coefficient (Wildman–Crippen LogP) is 3.58. The molecule has 1 heterocycles. The van der Waals surface area contributed by atoms with E-state index < -0.39 is 0 Å². The summed E-state index contributed by atoms with van der Waals surface area (Å²) in [5.41, 5.74) is 0. The van der Waals surface area contributed by atoms with E-state index in [0.717, 1.165) is 13.0 Å². The van der Waals surface area contributed by atoms with Gasteiger partial charge in [0.05, 0.1) is 23.1 Å². The van der Waals surface area contributed by atoms with Crippen molar-refractivity contribution in [2.24, 2.45) is 0 Å². The molecule has 1 rings (SSSR count). The lowest BCUT2D eigenvalue weighted by Crippen LogP contribution is -2.13. The highest BCUT2D eigenvalue weighted by molar-refractivity contribution is 6.37. The van der Waals surface area contributed by atoms with Crippen LogP contribution in [0, 0.1) is 0 Å². The van der Waals surface area contributed by atoms with Crippen molar-refractivity contribution in [2.75, 3.05) is 30.3 Å². The van der Waals surface area contributed by atoms with Crippen LogP contribution < -0.4 is 10.6 Å². The number of carbonyl (C=O) groups is 1. The Morgan fingerprint density at radius 2 is 1.80 bits per heavy atom. The van der Waals surface area contributed by atoms with Gasteiger partial charge in [-0.2, -0.15) is 0 Å². The van der Waals surface area contributed by atoms with Crippen LogP contribution in [-0.2, 0) is 9.53 Å². The normalized spacial score (nSPS) is 10.2. The van der Waals surface area contributed by atoms with E-state index in [0.29, 0.717) is 34.8 Å². The second kappa shape index (κ2) is 8.87. The summed E-state index contributed by atoms with van der Waals surface area (Å²) in [6, 6.07) is 1.63. The number of anilines is 2. The molecular weight excluding hydrogens is 301 g/mol. The van der Waals surface area contributed by atoms with E-state index in [1.165, 1.54) is 0 Å². The number of hydrogen-bond donors (Lipinski definition) is 2. The van der Waals surface area contributed by atoms with Crippen molar-refractivity contribution >= 4 is 40.8 Å². The van der Waals surface area contributed by atoms with Crippen LogP contribution in [-0.4, -0.2) is 30.6 Å². The summed E-state index contributed by atoms with van der Waals surface area (Å²) in [4.78, 5) is 15.5. The molecule has 0 amide bonds. The monoisotopic (exact) mass is 319 g/mol. The van der Waals surface area contributed by atoms with Crippen LogP contribution in [0.1, 0.15) is 26.7 Å². The van der Waals surface area contributed by atoms with Crippen LogP contribution in [0.4, 0.5) is 11.6 Å². The van der Waals surface area contributed by atoms with Crippen molar-refractivity contribution in [3.63, 3.8) is 0 Å². The Morgan fingerprint density at radius 1 is 1.20 bits per heavy atom. The molecule has 0 aliphatic rings. The lowest BCUT2D eigenvalue weighted by Gasteiger charge is -2.12. The van der Waals surface area contributed by atoms with Gasteiger partial charge in [0.1, 0.15) is 11.6 Å². The molecule has 20 heavy (non-hydrogen) atoms. The first-order valence-corrected chi connectivity index (χ1v) is 7.33. The van der Waals surface area contributed by atoms with Gasteiger partial charge >= 0.3 is 5.97 Å². The number of nitrogens with zero attached hydrogens (tertiary/aromatic N) is 1. The average molecular weight is 320 g/mol. The maximum atomic E-state index is 11.2. The van der Waals surface area contributed by atoms with E-state index in [-0.39, 0.29) is 12.4 Å². The third kappa shape index (κ3) is 5.43. The molecule has 0 aliphatic carbocycles. The molecule has 0 radical (unpaired) electrons. The number of esters is 1. The van der Waals surface area contributed by atoms with Crippen LogP contribution in [0.2, 0.25) is 10.0 Å². The molecule has 0 bridgehead atoms. The van der Waals surface area contributed by atoms with Crippen molar-refractivity contribution in [3.8, 4) is 0 Å². The lowest BCUT2D eigenvalue weighted by atomic mass is 10.4. The third-order valence-electron chi connectivity index (χ3n) is 2.40. The minimum Gasteiger partial charge on any atom is -0.466 e. The van der Waals surface area contributed by atoms with Gasteiger partial charge < -0.3 is 15.4 Å². The fourth-order valence-corrected chi connectivity index (χ4v) is 1.97. The minimum atomic E-state index is -0.255. The van der Waals surface area contributed by atoms with Gasteiger partial charge in [-0.3, -0.25) is 4.79 Å². The van der Waals surface area contributed by atoms with E-state index in [2.05, 4.69) is 22.5 Å². The molecular formula is C13H19Cl2N3O2. The largest absolute Gasteiger partial charge is 0.466 e. The molecule has 2 N–H and O–H groups in total. The maximum absolute atomic E-state index is 11.2. The van der Waals surface area contributed by atoms with E-state index in [1.807, 2.05) is 0 Å². The smallest absolute Gasteiger partial charge is 0.307 e. The summed E-state index contributed by atoms with van der Waals surface area (Å²) < 4.78 is 4.84. The summed E-state index contributed by atoms with van der Waals surface area (Å²) in [5.74, 6) is 0.824. The molecule has 1 aromatic rings. The zero-order chi connectivity index (χ0) is 15.0. The first-order chi connectivity index (χ1) is 9.58.